The second kappa shape index (κ2) is 5.70. The van der Waals surface area contributed by atoms with Crippen LogP contribution >= 0.6 is 23.2 Å². The van der Waals surface area contributed by atoms with Gasteiger partial charge in [-0.25, -0.2) is 9.59 Å². The van der Waals surface area contributed by atoms with Gasteiger partial charge in [0.1, 0.15) is 0 Å². The Balaban J connectivity index is 2.74. The Bertz CT molecular complexity index is 440. The van der Waals surface area contributed by atoms with E-state index in [1.807, 2.05) is 0 Å². The summed E-state index contributed by atoms with van der Waals surface area (Å²) in [6.45, 7) is 0. The van der Waals surface area contributed by atoms with Crippen LogP contribution in [0.1, 0.15) is 5.56 Å². The lowest BCUT2D eigenvalue weighted by Crippen LogP contribution is -2.19. The van der Waals surface area contributed by atoms with Gasteiger partial charge in [-0.3, -0.25) is 0 Å². The highest BCUT2D eigenvalue weighted by Gasteiger charge is 2.30. The van der Waals surface area contributed by atoms with E-state index in [1.165, 1.54) is 0 Å². The molecule has 6 heteroatoms. The number of rotatable bonds is 4. The van der Waals surface area contributed by atoms with Gasteiger partial charge in [0.05, 0.1) is 0 Å². The van der Waals surface area contributed by atoms with Crippen LogP contribution in [0.5, 0.6) is 0 Å². The molecule has 0 bridgehead atoms. The molecule has 0 fully saturated rings. The summed E-state index contributed by atoms with van der Waals surface area (Å²) in [5, 5.41) is 8.32. The van der Waals surface area contributed by atoms with Gasteiger partial charge in [0.25, 0.3) is 4.52 Å². The third kappa shape index (κ3) is 4.46. The molecule has 4 nitrogen and oxygen atoms in total. The lowest BCUT2D eigenvalue weighted by Gasteiger charge is -2.19. The zero-order chi connectivity index (χ0) is 12.9. The molecule has 0 aromatic heterocycles. The minimum Gasteiger partial charge on any atom is -0.478 e. The van der Waals surface area contributed by atoms with Crippen molar-refractivity contribution in [3.8, 4) is 0 Å². The zero-order valence-corrected chi connectivity index (χ0v) is 9.98. The van der Waals surface area contributed by atoms with Crippen molar-refractivity contribution in [2.24, 2.45) is 0 Å². The Morgan fingerprint density at radius 2 is 1.76 bits per heavy atom. The number of benzene rings is 1. The van der Waals surface area contributed by atoms with E-state index >= 15 is 0 Å². The highest BCUT2D eigenvalue weighted by Crippen LogP contribution is 2.35. The van der Waals surface area contributed by atoms with Crippen LogP contribution in [-0.4, -0.2) is 17.0 Å². The molecule has 0 saturated heterocycles. The number of alkyl halides is 2. The number of carbonyl (C=O) groups is 2. The van der Waals surface area contributed by atoms with Crippen molar-refractivity contribution in [1.29, 1.82) is 0 Å². The Labute approximate surface area is 107 Å². The van der Waals surface area contributed by atoms with Crippen molar-refractivity contribution in [2.75, 3.05) is 0 Å². The van der Waals surface area contributed by atoms with Crippen LogP contribution in [0.25, 0.3) is 0 Å². The van der Waals surface area contributed by atoms with Crippen molar-refractivity contribution in [1.82, 2.24) is 0 Å². The van der Waals surface area contributed by atoms with Crippen molar-refractivity contribution in [2.45, 2.75) is 4.52 Å². The molecule has 0 radical (unpaired) electrons. The molecule has 0 heterocycles. The quantitative estimate of drug-likeness (QED) is 0.521. The predicted molar refractivity (Wildman–Crippen MR) is 62.7 cm³/mol. The summed E-state index contributed by atoms with van der Waals surface area (Å²) >= 11 is 11.6. The molecule has 0 aliphatic heterocycles. The Kier molecular flexibility index (Phi) is 4.54. The highest BCUT2D eigenvalue weighted by atomic mass is 35.5. The summed E-state index contributed by atoms with van der Waals surface area (Å²) in [5.41, 5.74) is 0.375. The molecule has 0 amide bonds. The molecule has 1 rings (SSSR count). The molecule has 1 aromatic rings. The summed E-state index contributed by atoms with van der Waals surface area (Å²) < 4.78 is 2.87. The Morgan fingerprint density at radius 1 is 1.18 bits per heavy atom. The molecule has 0 spiro atoms. The molecule has 0 aliphatic rings. The zero-order valence-electron chi connectivity index (χ0n) is 8.47. The molecule has 0 saturated carbocycles. The maximum Gasteiger partial charge on any atom is 0.333 e. The third-order valence-electron chi connectivity index (χ3n) is 1.70. The molecule has 0 aliphatic carbocycles. The van der Waals surface area contributed by atoms with E-state index in [2.05, 4.69) is 0 Å². The maximum atomic E-state index is 11.2. The molecule has 1 aromatic carbocycles. The fourth-order valence-electron chi connectivity index (χ4n) is 0.991. The summed E-state index contributed by atoms with van der Waals surface area (Å²) in [5.74, 6) is -2.21. The number of ether oxygens (including phenoxy) is 1. The monoisotopic (exact) mass is 274 g/mol. The van der Waals surface area contributed by atoms with Crippen LogP contribution in [0.2, 0.25) is 0 Å². The van der Waals surface area contributed by atoms with E-state index in [9.17, 15) is 9.59 Å². The minimum atomic E-state index is -1.85. The molecule has 17 heavy (non-hydrogen) atoms. The largest absolute Gasteiger partial charge is 0.478 e. The lowest BCUT2D eigenvalue weighted by molar-refractivity contribution is -0.142. The van der Waals surface area contributed by atoms with Crippen molar-refractivity contribution in [3.63, 3.8) is 0 Å². The van der Waals surface area contributed by atoms with Crippen LogP contribution in [0.15, 0.2) is 42.5 Å². The number of carbonyl (C=O) groups excluding carboxylic acids is 1. The van der Waals surface area contributed by atoms with Gasteiger partial charge in [-0.05, 0) is 0 Å². The number of hydrogen-bond acceptors (Lipinski definition) is 3. The summed E-state index contributed by atoms with van der Waals surface area (Å²) in [6, 6.07) is 8.26. The first-order valence-corrected chi connectivity index (χ1v) is 5.25. The summed E-state index contributed by atoms with van der Waals surface area (Å²) in [6.07, 6.45) is 1.36. The highest BCUT2D eigenvalue weighted by molar-refractivity contribution is 6.47. The van der Waals surface area contributed by atoms with Crippen LogP contribution in [0.4, 0.5) is 0 Å². The SMILES string of the molecule is O=C(O)C=CC(=O)OC(Cl)(Cl)c1ccccc1. The Hall–Kier alpha value is -1.52. The maximum absolute atomic E-state index is 11.2. The second-order valence-corrected chi connectivity index (χ2v) is 4.23. The topological polar surface area (TPSA) is 63.6 Å². The number of hydrogen-bond donors (Lipinski definition) is 1. The van der Waals surface area contributed by atoms with Crippen molar-refractivity contribution in [3.05, 3.63) is 48.0 Å². The van der Waals surface area contributed by atoms with Gasteiger partial charge < -0.3 is 9.84 Å². The standard InChI is InChI=1S/C11H8Cl2O4/c12-11(13,8-4-2-1-3-5-8)17-10(16)7-6-9(14)15/h1-7H,(H,14,15). The van der Waals surface area contributed by atoms with E-state index < -0.39 is 16.5 Å². The van der Waals surface area contributed by atoms with E-state index in [1.54, 1.807) is 30.3 Å². The number of carboxylic acids is 1. The summed E-state index contributed by atoms with van der Waals surface area (Å²) in [4.78, 5) is 21.4. The summed E-state index contributed by atoms with van der Waals surface area (Å²) in [7, 11) is 0. The number of halogens is 2. The van der Waals surface area contributed by atoms with Gasteiger partial charge in [0.15, 0.2) is 0 Å². The first kappa shape index (κ1) is 13.5. The van der Waals surface area contributed by atoms with Gasteiger partial charge in [0, 0.05) is 17.7 Å². The molecular weight excluding hydrogens is 267 g/mol. The number of carboxylic acid groups (broad SMARTS) is 1. The average molecular weight is 275 g/mol. The predicted octanol–water partition coefficient (Wildman–Crippen LogP) is 2.46. The third-order valence-corrected chi connectivity index (χ3v) is 2.29. The van der Waals surface area contributed by atoms with E-state index in [4.69, 9.17) is 33.0 Å². The first-order chi connectivity index (χ1) is 7.92. The molecule has 0 atom stereocenters. The fourth-order valence-corrected chi connectivity index (χ4v) is 1.39. The molecule has 1 N–H and O–H groups in total. The Morgan fingerprint density at radius 3 is 2.29 bits per heavy atom. The first-order valence-electron chi connectivity index (χ1n) is 4.49. The lowest BCUT2D eigenvalue weighted by atomic mass is 10.2. The van der Waals surface area contributed by atoms with Crippen molar-refractivity contribution < 1.29 is 19.4 Å². The minimum absolute atomic E-state index is 0.375. The van der Waals surface area contributed by atoms with Crippen molar-refractivity contribution >= 4 is 35.1 Å². The van der Waals surface area contributed by atoms with Gasteiger partial charge in [-0.2, -0.15) is 0 Å². The number of esters is 1. The number of aliphatic carboxylic acids is 1. The van der Waals surface area contributed by atoms with Crippen LogP contribution in [0, 0.1) is 0 Å². The fraction of sp³-hybridized carbons (Fsp3) is 0.0909. The smallest absolute Gasteiger partial charge is 0.333 e. The molecular formula is C11H8Cl2O4. The van der Waals surface area contributed by atoms with E-state index in [0.717, 1.165) is 6.08 Å². The van der Waals surface area contributed by atoms with E-state index in [-0.39, 0.29) is 0 Å². The molecule has 90 valence electrons. The van der Waals surface area contributed by atoms with Gasteiger partial charge in [0.2, 0.25) is 0 Å². The van der Waals surface area contributed by atoms with Gasteiger partial charge in [-0.1, -0.05) is 53.5 Å². The van der Waals surface area contributed by atoms with E-state index in [0.29, 0.717) is 11.6 Å². The van der Waals surface area contributed by atoms with Crippen LogP contribution < -0.4 is 0 Å². The van der Waals surface area contributed by atoms with Crippen LogP contribution in [-0.2, 0) is 18.8 Å². The normalized spacial score (nSPS) is 11.4. The van der Waals surface area contributed by atoms with Gasteiger partial charge >= 0.3 is 11.9 Å². The molecule has 0 unspecified atom stereocenters. The van der Waals surface area contributed by atoms with Crippen LogP contribution in [0.3, 0.4) is 0 Å². The van der Waals surface area contributed by atoms with Gasteiger partial charge in [-0.15, -0.1) is 0 Å². The second-order valence-electron chi connectivity index (χ2n) is 2.98. The average Bonchev–Trinajstić information content (AvgIpc) is 2.27.